The van der Waals surface area contributed by atoms with Gasteiger partial charge in [0.25, 0.3) is 0 Å². The van der Waals surface area contributed by atoms with E-state index in [4.69, 9.17) is 53.3 Å². The first kappa shape index (κ1) is 73.7. The molecular weight excluding hydrogens is 1220 g/mol. The van der Waals surface area contributed by atoms with E-state index in [2.05, 4.69) is 106 Å². The van der Waals surface area contributed by atoms with E-state index >= 15 is 9.59 Å². The summed E-state index contributed by atoms with van der Waals surface area (Å²) < 4.78 is 71.7. The second-order valence-electron chi connectivity index (χ2n) is 31.9. The van der Waals surface area contributed by atoms with Gasteiger partial charge in [-0.3, -0.25) is 4.79 Å². The quantitative estimate of drug-likeness (QED) is 0.0552. The number of amides is 2. The summed E-state index contributed by atoms with van der Waals surface area (Å²) in [6.45, 7) is 41.0. The predicted molar refractivity (Wildman–Crippen MR) is 371 cm³/mol. The molecule has 2 aromatic carbocycles. The molecule has 0 radical (unpaired) electrons. The van der Waals surface area contributed by atoms with E-state index < -0.39 is 105 Å². The Hall–Kier alpha value is -4.51. The van der Waals surface area contributed by atoms with Crippen LogP contribution in [0, 0.1) is 29.1 Å². The fraction of sp³-hybridized carbons (Fsp3) is 0.711. The SMILES string of the molecule is C=CCOC(=O)NC[C@H](C)[C@@H](C)C[C@]12CCC([C@@H](NC(=O)OC(C)(C)C)C(=O)OC(c3ccccc3)c3ccccc3)=C[C@@H]1[C@@H]1O[C@]3(C[C@H]4CCC[C@@]5(CC[C@@]6(O[C@@H](CC[C@@]6(C)O[Si](CC)(CC)CC)CC(=C)CCCC2=O)O5)O4)C[C@@H](C)[C@@H](O[Si](C)(C)C(C)(C)C)[C@H]1O3. The Bertz CT molecular complexity index is 2950. The molecular formula is C76H116N2O14Si2. The molecule has 0 unspecified atom stereocenters. The minimum atomic E-state index is -2.56. The van der Waals surface area contributed by atoms with Gasteiger partial charge in [0.2, 0.25) is 0 Å². The van der Waals surface area contributed by atoms with Gasteiger partial charge < -0.3 is 57.4 Å². The van der Waals surface area contributed by atoms with E-state index in [-0.39, 0.29) is 60.2 Å². The van der Waals surface area contributed by atoms with Crippen LogP contribution < -0.4 is 10.6 Å². The molecule has 3 spiro atoms. The third kappa shape index (κ3) is 16.3. The lowest BCUT2D eigenvalue weighted by molar-refractivity contribution is -0.400. The summed E-state index contributed by atoms with van der Waals surface area (Å²) in [5.74, 6) is -4.91. The summed E-state index contributed by atoms with van der Waals surface area (Å²) in [5.41, 5.74) is 0.317. The molecule has 18 heteroatoms. The van der Waals surface area contributed by atoms with Crippen LogP contribution in [0.3, 0.4) is 0 Å². The third-order valence-corrected chi connectivity index (χ3v) is 32.2. The average Bonchev–Trinajstić information content (AvgIpc) is 1.51. The lowest BCUT2D eigenvalue weighted by atomic mass is 9.57. The first-order chi connectivity index (χ1) is 44.3. The molecule has 2 aromatic rings. The monoisotopic (exact) mass is 1340 g/mol. The zero-order valence-corrected chi connectivity index (χ0v) is 61.8. The summed E-state index contributed by atoms with van der Waals surface area (Å²) in [5, 5.41) is 5.83. The number of esters is 1. The van der Waals surface area contributed by atoms with E-state index in [9.17, 15) is 9.59 Å². The fourth-order valence-corrected chi connectivity index (χ4v) is 20.8. The number of fused-ring (bicyclic) bond motifs is 7. The van der Waals surface area contributed by atoms with Gasteiger partial charge in [-0.15, -0.1) is 0 Å². The molecule has 522 valence electrons. The molecule has 6 fully saturated rings. The van der Waals surface area contributed by atoms with Crippen LogP contribution >= 0.6 is 0 Å². The molecule has 2 N–H and O–H groups in total. The van der Waals surface area contributed by atoms with Gasteiger partial charge in [0.1, 0.15) is 29.7 Å². The van der Waals surface area contributed by atoms with E-state index in [1.807, 2.05) is 60.7 Å². The van der Waals surface area contributed by atoms with Crippen molar-refractivity contribution in [3.05, 3.63) is 108 Å². The van der Waals surface area contributed by atoms with Crippen LogP contribution in [-0.2, 0) is 56.3 Å². The molecule has 1 aliphatic carbocycles. The smallest absolute Gasteiger partial charge is 0.408 e. The molecule has 7 aliphatic rings. The molecule has 94 heavy (non-hydrogen) atoms. The van der Waals surface area contributed by atoms with Crippen LogP contribution in [-0.4, -0.2) is 119 Å². The molecule has 15 atom stereocenters. The number of carbonyl (C=O) groups excluding carboxylic acids is 4. The Morgan fingerprint density at radius 2 is 1.43 bits per heavy atom. The van der Waals surface area contributed by atoms with Crippen molar-refractivity contribution in [3.8, 4) is 0 Å². The van der Waals surface area contributed by atoms with E-state index in [0.717, 1.165) is 60.5 Å². The van der Waals surface area contributed by atoms with Crippen LogP contribution in [0.1, 0.15) is 210 Å². The van der Waals surface area contributed by atoms with Crippen molar-refractivity contribution in [2.24, 2.45) is 29.1 Å². The van der Waals surface area contributed by atoms with Gasteiger partial charge in [-0.25, -0.2) is 14.4 Å². The van der Waals surface area contributed by atoms with Crippen molar-refractivity contribution in [3.63, 3.8) is 0 Å². The van der Waals surface area contributed by atoms with Gasteiger partial charge in [-0.05, 0) is 163 Å². The summed E-state index contributed by atoms with van der Waals surface area (Å²) in [4.78, 5) is 59.8. The largest absolute Gasteiger partial charge is 0.451 e. The number of hydrogen-bond acceptors (Lipinski definition) is 14. The molecule has 0 aromatic heterocycles. The Kier molecular flexibility index (Phi) is 23.2. The summed E-state index contributed by atoms with van der Waals surface area (Å²) in [6.07, 6.45) is 7.90. The molecule has 16 nitrogen and oxygen atoms in total. The second-order valence-corrected chi connectivity index (χ2v) is 41.3. The number of carbonyl (C=O) groups is 4. The van der Waals surface area contributed by atoms with Crippen LogP contribution in [0.4, 0.5) is 9.59 Å². The van der Waals surface area contributed by atoms with Gasteiger partial charge in [0.05, 0.1) is 24.4 Å². The minimum Gasteiger partial charge on any atom is -0.451 e. The van der Waals surface area contributed by atoms with Crippen molar-refractivity contribution >= 4 is 40.6 Å². The van der Waals surface area contributed by atoms with Crippen molar-refractivity contribution in [1.82, 2.24) is 10.6 Å². The van der Waals surface area contributed by atoms with Crippen molar-refractivity contribution in [2.75, 3.05) is 13.2 Å². The maximum Gasteiger partial charge on any atom is 0.408 e. The standard InChI is InChI=1S/C76H116N2O14Si2/c1-18-44-83-68(81)77-50-54(8)52(6)47-73-41-37-57(62(78-69(82)89-70(9,10)11)67(80)84-64(55-31-24-22-25-32-55)56-33-26-23-27-34-56)46-60(73)65-66-63(90-93(16,17)71(12,13)14)53(7)48-75(87-65,88-66)49-59-35-29-39-74(85-59)42-43-76(91-74)72(15,92-94(19-2,20-3)21-4)40-38-58(86-76)45-51(5)30-28-36-61(73)79/h18,22-27,31-34,46,52-54,58-60,62-66H,1,5,19-21,28-30,35-45,47-50H2,2-4,6-17H3,(H,77,81)(H,78,82)/t52-,53+,54-,58-,59+,60+,62+,63+,65-,66+,72+,73+,74+,75+,76+/m0/s1. The number of ether oxygens (including phenoxy) is 8. The third-order valence-electron chi connectivity index (χ3n) is 23.0. The number of Topliss-reactive ketones (excluding diaryl/α,β-unsaturated/α-hetero) is 1. The van der Waals surface area contributed by atoms with E-state index in [1.54, 1.807) is 20.8 Å². The number of alkyl carbamates (subject to hydrolysis) is 2. The summed E-state index contributed by atoms with van der Waals surface area (Å²) in [7, 11) is -4.75. The van der Waals surface area contributed by atoms with Gasteiger partial charge in [-0.1, -0.05) is 154 Å². The highest BCUT2D eigenvalue weighted by Gasteiger charge is 2.68. The summed E-state index contributed by atoms with van der Waals surface area (Å²) >= 11 is 0. The maximum absolute atomic E-state index is 16.7. The number of ketones is 1. The Labute approximate surface area is 565 Å². The molecule has 6 saturated heterocycles. The highest BCUT2D eigenvalue weighted by molar-refractivity contribution is 6.74. The lowest BCUT2D eigenvalue weighted by Crippen LogP contribution is -2.65. The predicted octanol–water partition coefficient (Wildman–Crippen LogP) is 16.8. The van der Waals surface area contributed by atoms with Gasteiger partial charge in [-0.2, -0.15) is 0 Å². The van der Waals surface area contributed by atoms with Crippen molar-refractivity contribution in [1.29, 1.82) is 0 Å². The van der Waals surface area contributed by atoms with Gasteiger partial charge in [0.15, 0.2) is 46.1 Å². The number of rotatable bonds is 20. The van der Waals surface area contributed by atoms with Crippen molar-refractivity contribution in [2.45, 2.75) is 300 Å². The fourth-order valence-electron chi connectivity index (χ4n) is 16.3. The number of nitrogens with one attached hydrogen (secondary N) is 2. The highest BCUT2D eigenvalue weighted by Crippen LogP contribution is 2.60. The Balaban J connectivity index is 1.21. The first-order valence-corrected chi connectivity index (χ1v) is 41.2. The lowest BCUT2D eigenvalue weighted by Gasteiger charge is -2.55. The highest BCUT2D eigenvalue weighted by atomic mass is 28.4. The number of hydrogen-bond donors (Lipinski definition) is 2. The molecule has 2 amide bonds. The Morgan fingerprint density at radius 3 is 2.05 bits per heavy atom. The second kappa shape index (κ2) is 29.5. The van der Waals surface area contributed by atoms with Gasteiger partial charge in [0, 0.05) is 56.4 Å². The molecule has 6 heterocycles. The topological polar surface area (TPSA) is 185 Å². The zero-order chi connectivity index (χ0) is 68.3. The van der Waals surface area contributed by atoms with Gasteiger partial charge >= 0.3 is 18.2 Å². The van der Waals surface area contributed by atoms with E-state index in [0.29, 0.717) is 76.3 Å². The first-order valence-electron chi connectivity index (χ1n) is 35.8. The number of benzene rings is 2. The zero-order valence-electron chi connectivity index (χ0n) is 59.8. The molecule has 6 aliphatic heterocycles. The van der Waals surface area contributed by atoms with Crippen LogP contribution in [0.15, 0.2) is 97.1 Å². The van der Waals surface area contributed by atoms with Crippen molar-refractivity contribution < 1.29 is 65.9 Å². The molecule has 9 rings (SSSR count). The van der Waals surface area contributed by atoms with Crippen LogP contribution in [0.5, 0.6) is 0 Å². The minimum absolute atomic E-state index is 0.0664. The van der Waals surface area contributed by atoms with Crippen LogP contribution in [0.2, 0.25) is 36.3 Å². The normalized spacial score (nSPS) is 32.7. The Morgan fingerprint density at radius 1 is 0.766 bits per heavy atom. The summed E-state index contributed by atoms with van der Waals surface area (Å²) in [6, 6.07) is 20.8. The molecule has 7 bridgehead atoms. The maximum atomic E-state index is 16.7. The average molecular weight is 1340 g/mol. The van der Waals surface area contributed by atoms with E-state index in [1.165, 1.54) is 6.08 Å². The van der Waals surface area contributed by atoms with Crippen LogP contribution in [0.25, 0.3) is 0 Å². The molecule has 0 saturated carbocycles.